The van der Waals surface area contributed by atoms with Crippen molar-refractivity contribution in [3.8, 4) is 22.5 Å². The maximum absolute atomic E-state index is 13.5. The number of anilines is 3. The van der Waals surface area contributed by atoms with Crippen LogP contribution in [-0.2, 0) is 6.18 Å². The molecule has 2 amide bonds. The van der Waals surface area contributed by atoms with Crippen LogP contribution in [0.2, 0.25) is 0 Å². The van der Waals surface area contributed by atoms with Crippen LogP contribution in [0, 0.1) is 0 Å². The van der Waals surface area contributed by atoms with E-state index in [0.717, 1.165) is 17.7 Å². The summed E-state index contributed by atoms with van der Waals surface area (Å²) >= 11 is 0. The number of furan rings is 1. The van der Waals surface area contributed by atoms with E-state index in [9.17, 15) is 18.0 Å². The molecular weight excluding hydrogens is 471 g/mol. The number of aromatic nitrogens is 2. The molecule has 4 heterocycles. The molecule has 0 spiro atoms. The van der Waals surface area contributed by atoms with E-state index in [1.807, 2.05) is 6.92 Å². The lowest BCUT2D eigenvalue weighted by Crippen LogP contribution is -2.42. The predicted molar refractivity (Wildman–Crippen MR) is 131 cm³/mol. The van der Waals surface area contributed by atoms with Crippen molar-refractivity contribution in [2.45, 2.75) is 25.6 Å². The second kappa shape index (κ2) is 9.37. The Labute approximate surface area is 205 Å². The Kier molecular flexibility index (Phi) is 6.09. The summed E-state index contributed by atoms with van der Waals surface area (Å²) in [5.41, 5.74) is 1.90. The zero-order valence-electron chi connectivity index (χ0n) is 19.2. The van der Waals surface area contributed by atoms with Crippen LogP contribution in [0.4, 0.5) is 35.3 Å². The second-order valence-corrected chi connectivity index (χ2v) is 8.43. The van der Waals surface area contributed by atoms with Crippen LogP contribution >= 0.6 is 0 Å². The average Bonchev–Trinajstić information content (AvgIpc) is 3.34. The molecule has 4 aromatic rings. The minimum absolute atomic E-state index is 0.236. The lowest BCUT2D eigenvalue weighted by atomic mass is 10.1. The molecule has 0 saturated heterocycles. The van der Waals surface area contributed by atoms with Crippen molar-refractivity contribution in [3.05, 3.63) is 78.8 Å². The second-order valence-electron chi connectivity index (χ2n) is 8.43. The third-order valence-corrected chi connectivity index (χ3v) is 5.93. The summed E-state index contributed by atoms with van der Waals surface area (Å²) in [6.07, 6.45) is -0.725. The zero-order chi connectivity index (χ0) is 25.3. The number of alkyl halides is 3. The highest BCUT2D eigenvalue weighted by molar-refractivity contribution is 6.03. The Morgan fingerprint density at radius 3 is 2.64 bits per heavy atom. The number of halogens is 3. The smallest absolute Gasteiger partial charge is 0.416 e. The van der Waals surface area contributed by atoms with E-state index in [-0.39, 0.29) is 6.04 Å². The Morgan fingerprint density at radius 2 is 1.86 bits per heavy atom. The first kappa shape index (κ1) is 23.4. The molecule has 1 aromatic carbocycles. The Morgan fingerprint density at radius 1 is 1.06 bits per heavy atom. The molecule has 10 heteroatoms. The van der Waals surface area contributed by atoms with Crippen molar-refractivity contribution in [1.82, 2.24) is 9.97 Å². The lowest BCUT2D eigenvalue weighted by Gasteiger charge is -2.27. The summed E-state index contributed by atoms with van der Waals surface area (Å²) < 4.78 is 44.9. The summed E-state index contributed by atoms with van der Waals surface area (Å²) in [4.78, 5) is 24.1. The number of nitrogens with zero attached hydrogens (tertiary/aromatic N) is 3. The predicted octanol–water partition coefficient (Wildman–Crippen LogP) is 6.67. The molecular formula is C26H22F3N5O2. The van der Waals surface area contributed by atoms with Crippen molar-refractivity contribution in [2.24, 2.45) is 0 Å². The van der Waals surface area contributed by atoms with Gasteiger partial charge in [-0.05, 0) is 55.8 Å². The summed E-state index contributed by atoms with van der Waals surface area (Å²) in [5, 5.41) is 6.09. The molecule has 0 saturated carbocycles. The maximum atomic E-state index is 13.5. The van der Waals surface area contributed by atoms with E-state index in [1.165, 1.54) is 11.0 Å². The first-order valence-corrected chi connectivity index (χ1v) is 11.3. The van der Waals surface area contributed by atoms with Crippen LogP contribution in [0.15, 0.2) is 77.6 Å². The number of urea groups is 1. The zero-order valence-corrected chi connectivity index (χ0v) is 19.2. The first-order valence-electron chi connectivity index (χ1n) is 11.3. The van der Waals surface area contributed by atoms with Gasteiger partial charge in [0.15, 0.2) is 5.82 Å². The number of nitrogens with one attached hydrogen (secondary N) is 2. The number of benzene rings is 1. The standard InChI is InChI=1S/C26H22F3N5O2/c1-16-10-12-30-22-9-8-21(17-4-2-5-19(14-17)26(27,28)29)32-24(22)34(16)25(35)33-23-7-3-6-20(31-23)18-11-13-36-15-18/h2-9,11,13-16,30H,10,12H2,1H3,(H,31,33,35)/t16-/m1/s1. The fourth-order valence-electron chi connectivity index (χ4n) is 4.08. The van der Waals surface area contributed by atoms with Gasteiger partial charge in [0.05, 0.1) is 35.2 Å². The number of fused-ring (bicyclic) bond motifs is 1. The quantitative estimate of drug-likeness (QED) is 0.333. The van der Waals surface area contributed by atoms with Gasteiger partial charge in [0.25, 0.3) is 0 Å². The molecule has 7 nitrogen and oxygen atoms in total. The number of carbonyl (C=O) groups excluding carboxylic acids is 1. The van der Waals surface area contributed by atoms with Crippen LogP contribution in [0.3, 0.4) is 0 Å². The van der Waals surface area contributed by atoms with Crippen LogP contribution in [0.25, 0.3) is 22.5 Å². The highest BCUT2D eigenvalue weighted by Gasteiger charge is 2.31. The molecule has 1 atom stereocenters. The van der Waals surface area contributed by atoms with Gasteiger partial charge in [-0.2, -0.15) is 13.2 Å². The molecule has 0 radical (unpaired) electrons. The fraction of sp³-hybridized carbons (Fsp3) is 0.192. The van der Waals surface area contributed by atoms with Gasteiger partial charge in [0.2, 0.25) is 0 Å². The Balaban J connectivity index is 1.48. The number of amides is 2. The van der Waals surface area contributed by atoms with Gasteiger partial charge in [0.1, 0.15) is 5.82 Å². The van der Waals surface area contributed by atoms with Crippen LogP contribution < -0.4 is 15.5 Å². The Bertz CT molecular complexity index is 1390. The lowest BCUT2D eigenvalue weighted by molar-refractivity contribution is -0.137. The van der Waals surface area contributed by atoms with E-state index >= 15 is 0 Å². The molecule has 0 fully saturated rings. The van der Waals surface area contributed by atoms with E-state index in [2.05, 4.69) is 20.6 Å². The van der Waals surface area contributed by atoms with Gasteiger partial charge in [-0.15, -0.1) is 0 Å². The normalized spacial score (nSPS) is 15.6. The number of hydrogen-bond acceptors (Lipinski definition) is 5. The number of rotatable bonds is 3. The fourth-order valence-corrected chi connectivity index (χ4v) is 4.08. The first-order chi connectivity index (χ1) is 17.3. The van der Waals surface area contributed by atoms with E-state index in [0.29, 0.717) is 47.2 Å². The molecule has 0 unspecified atom stereocenters. The summed E-state index contributed by atoms with van der Waals surface area (Å²) in [5.74, 6) is 0.678. The van der Waals surface area contributed by atoms with Gasteiger partial charge in [-0.25, -0.2) is 14.8 Å². The van der Waals surface area contributed by atoms with Crippen molar-refractivity contribution < 1.29 is 22.4 Å². The number of carbonyl (C=O) groups is 1. The monoisotopic (exact) mass is 493 g/mol. The van der Waals surface area contributed by atoms with Gasteiger partial charge in [-0.3, -0.25) is 10.2 Å². The SMILES string of the molecule is C[C@@H]1CCNc2ccc(-c3cccc(C(F)(F)F)c3)nc2N1C(=O)Nc1cccc(-c2ccoc2)n1. The minimum atomic E-state index is -4.47. The highest BCUT2D eigenvalue weighted by Crippen LogP contribution is 2.35. The minimum Gasteiger partial charge on any atom is -0.472 e. The summed E-state index contributed by atoms with van der Waals surface area (Å²) in [6.45, 7) is 2.50. The molecule has 0 aliphatic carbocycles. The van der Waals surface area contributed by atoms with Crippen LogP contribution in [0.1, 0.15) is 18.9 Å². The third-order valence-electron chi connectivity index (χ3n) is 5.93. The molecule has 3 aromatic heterocycles. The van der Waals surface area contributed by atoms with Crippen molar-refractivity contribution in [1.29, 1.82) is 0 Å². The molecule has 1 aliphatic rings. The van der Waals surface area contributed by atoms with Gasteiger partial charge >= 0.3 is 12.2 Å². The summed E-state index contributed by atoms with van der Waals surface area (Å²) in [6, 6.07) is 14.7. The third kappa shape index (κ3) is 4.74. The van der Waals surface area contributed by atoms with E-state index < -0.39 is 17.8 Å². The molecule has 1 aliphatic heterocycles. The maximum Gasteiger partial charge on any atom is 0.416 e. The van der Waals surface area contributed by atoms with E-state index in [1.54, 1.807) is 55.0 Å². The van der Waals surface area contributed by atoms with Crippen molar-refractivity contribution in [3.63, 3.8) is 0 Å². The van der Waals surface area contributed by atoms with E-state index in [4.69, 9.17) is 4.42 Å². The van der Waals surface area contributed by atoms with Crippen LogP contribution in [0.5, 0.6) is 0 Å². The summed E-state index contributed by atoms with van der Waals surface area (Å²) in [7, 11) is 0. The molecule has 36 heavy (non-hydrogen) atoms. The van der Waals surface area contributed by atoms with Crippen molar-refractivity contribution in [2.75, 3.05) is 22.1 Å². The molecule has 2 N–H and O–H groups in total. The topological polar surface area (TPSA) is 83.3 Å². The molecule has 184 valence electrons. The highest BCUT2D eigenvalue weighted by atomic mass is 19.4. The van der Waals surface area contributed by atoms with Crippen molar-refractivity contribution >= 4 is 23.4 Å². The van der Waals surface area contributed by atoms with Gasteiger partial charge in [0, 0.05) is 23.7 Å². The number of pyridine rings is 2. The van der Waals surface area contributed by atoms with Gasteiger partial charge < -0.3 is 9.73 Å². The van der Waals surface area contributed by atoms with Crippen LogP contribution in [-0.4, -0.2) is 28.6 Å². The molecule has 5 rings (SSSR count). The Hall–Kier alpha value is -4.34. The van der Waals surface area contributed by atoms with Gasteiger partial charge in [-0.1, -0.05) is 18.2 Å². The average molecular weight is 493 g/mol. The molecule has 0 bridgehead atoms. The largest absolute Gasteiger partial charge is 0.472 e. The number of hydrogen-bond donors (Lipinski definition) is 2.